The van der Waals surface area contributed by atoms with Gasteiger partial charge in [0.2, 0.25) is 0 Å². The van der Waals surface area contributed by atoms with Crippen LogP contribution in [0.1, 0.15) is 66.1 Å². The molecule has 0 spiro atoms. The summed E-state index contributed by atoms with van der Waals surface area (Å²) in [5.41, 5.74) is 1.98. The number of carbonyl (C=O) groups is 1. The van der Waals surface area contributed by atoms with E-state index in [-0.39, 0.29) is 28.8 Å². The molecular weight excluding hydrogens is 510 g/mol. The number of nitrogens with one attached hydrogen (secondary N) is 1. The predicted molar refractivity (Wildman–Crippen MR) is 140 cm³/mol. The molecule has 10 heteroatoms. The number of nitrogens with zero attached hydrogens (tertiary/aromatic N) is 3. The van der Waals surface area contributed by atoms with Gasteiger partial charge in [-0.15, -0.1) is 0 Å². The molecule has 3 fully saturated rings. The Hall–Kier alpha value is -3.37. The third-order valence-electron chi connectivity index (χ3n) is 8.11. The van der Waals surface area contributed by atoms with Crippen LogP contribution in [0.15, 0.2) is 40.9 Å². The molecule has 2 aromatic heterocycles. The fourth-order valence-electron chi connectivity index (χ4n) is 6.14. The van der Waals surface area contributed by atoms with Crippen molar-refractivity contribution in [2.24, 2.45) is 0 Å². The molecule has 2 atom stereocenters. The lowest BCUT2D eigenvalue weighted by Gasteiger charge is -2.39. The van der Waals surface area contributed by atoms with E-state index in [1.807, 2.05) is 0 Å². The second-order valence-corrected chi connectivity index (χ2v) is 11.6. The summed E-state index contributed by atoms with van der Waals surface area (Å²) in [4.78, 5) is 18.6. The Labute approximate surface area is 221 Å². The minimum Gasteiger partial charge on any atom is -0.478 e. The molecule has 7 nitrogen and oxygen atoms in total. The van der Waals surface area contributed by atoms with Gasteiger partial charge in [0, 0.05) is 36.2 Å². The summed E-state index contributed by atoms with van der Waals surface area (Å²) in [7, 11) is 0. The number of fused-ring (bicyclic) bond motifs is 3. The topological polar surface area (TPSA) is 91.5 Å². The van der Waals surface area contributed by atoms with Gasteiger partial charge in [0.15, 0.2) is 5.13 Å². The lowest BCUT2D eigenvalue weighted by atomic mass is 9.97. The summed E-state index contributed by atoms with van der Waals surface area (Å²) < 4.78 is 35.7. The maximum atomic E-state index is 14.6. The molecule has 3 aliphatic rings. The van der Waals surface area contributed by atoms with Crippen molar-refractivity contribution in [2.75, 3.05) is 4.90 Å². The minimum atomic E-state index is -0.938. The molecule has 2 saturated heterocycles. The molecule has 4 aromatic rings. The van der Waals surface area contributed by atoms with Crippen LogP contribution in [0.2, 0.25) is 0 Å². The van der Waals surface area contributed by atoms with Gasteiger partial charge in [-0.05, 0) is 68.9 Å². The third-order valence-corrected chi connectivity index (χ3v) is 9.14. The van der Waals surface area contributed by atoms with E-state index in [2.05, 4.69) is 15.4 Å². The molecule has 0 amide bonds. The summed E-state index contributed by atoms with van der Waals surface area (Å²) in [6.45, 7) is 0.446. The van der Waals surface area contributed by atoms with E-state index in [0.717, 1.165) is 65.2 Å². The van der Waals surface area contributed by atoms with Crippen LogP contribution < -0.4 is 10.2 Å². The van der Waals surface area contributed by atoms with Crippen LogP contribution >= 0.6 is 11.3 Å². The zero-order valence-corrected chi connectivity index (χ0v) is 21.3. The van der Waals surface area contributed by atoms with Crippen LogP contribution in [0, 0.1) is 11.6 Å². The van der Waals surface area contributed by atoms with E-state index >= 15 is 0 Å². The molecule has 1 aliphatic carbocycles. The molecule has 38 heavy (non-hydrogen) atoms. The number of anilines is 1. The number of halogens is 2. The van der Waals surface area contributed by atoms with Crippen LogP contribution in [0.4, 0.5) is 13.9 Å². The fourth-order valence-corrected chi connectivity index (χ4v) is 7.29. The Morgan fingerprint density at radius 1 is 1.11 bits per heavy atom. The predicted octanol–water partition coefficient (Wildman–Crippen LogP) is 6.09. The van der Waals surface area contributed by atoms with Crippen LogP contribution in [0.25, 0.3) is 21.5 Å². The maximum Gasteiger partial charge on any atom is 0.335 e. The van der Waals surface area contributed by atoms with Crippen molar-refractivity contribution in [3.63, 3.8) is 0 Å². The molecule has 2 aliphatic heterocycles. The fraction of sp³-hybridized carbons (Fsp3) is 0.393. The lowest BCUT2D eigenvalue weighted by molar-refractivity contribution is 0.0697. The molecule has 7 rings (SSSR count). The molecule has 2 bridgehead atoms. The summed E-state index contributed by atoms with van der Waals surface area (Å²) in [6, 6.07) is 9.84. The van der Waals surface area contributed by atoms with Gasteiger partial charge in [0.25, 0.3) is 0 Å². The van der Waals surface area contributed by atoms with Gasteiger partial charge in [-0.2, -0.15) is 0 Å². The van der Waals surface area contributed by atoms with E-state index in [0.29, 0.717) is 18.6 Å². The first-order chi connectivity index (χ1) is 18.5. The van der Waals surface area contributed by atoms with Crippen LogP contribution in [-0.2, 0) is 6.54 Å². The number of carboxylic acids is 1. The highest BCUT2D eigenvalue weighted by Crippen LogP contribution is 2.45. The molecule has 196 valence electrons. The van der Waals surface area contributed by atoms with Crippen molar-refractivity contribution in [2.45, 2.75) is 69.1 Å². The Balaban J connectivity index is 1.10. The Morgan fingerprint density at radius 2 is 1.84 bits per heavy atom. The van der Waals surface area contributed by atoms with Gasteiger partial charge in [-0.25, -0.2) is 18.6 Å². The number of hydrogen-bond acceptors (Lipinski definition) is 7. The quantitative estimate of drug-likeness (QED) is 0.295. The number of aromatic carboxylic acids is 1. The van der Waals surface area contributed by atoms with E-state index in [1.54, 1.807) is 29.5 Å². The highest BCUT2D eigenvalue weighted by Gasteiger charge is 2.42. The lowest BCUT2D eigenvalue weighted by Crippen LogP contribution is -2.49. The number of hydrogen-bond donors (Lipinski definition) is 2. The van der Waals surface area contributed by atoms with Gasteiger partial charge in [-0.3, -0.25) is 0 Å². The number of carboxylic acid groups (broad SMARTS) is 1. The normalized spacial score (nSPS) is 22.9. The molecule has 0 radical (unpaired) electrons. The summed E-state index contributed by atoms with van der Waals surface area (Å²) in [6.07, 6.45) is 6.01. The average molecular weight is 537 g/mol. The largest absolute Gasteiger partial charge is 0.478 e. The van der Waals surface area contributed by atoms with Gasteiger partial charge in [0.05, 0.1) is 21.3 Å². The monoisotopic (exact) mass is 536 g/mol. The Bertz CT molecular complexity index is 1510. The maximum absolute atomic E-state index is 14.6. The van der Waals surface area contributed by atoms with Crippen molar-refractivity contribution >= 4 is 32.7 Å². The van der Waals surface area contributed by atoms with Crippen LogP contribution in [-0.4, -0.2) is 39.3 Å². The average Bonchev–Trinajstić information content (AvgIpc) is 3.42. The van der Waals surface area contributed by atoms with Crippen molar-refractivity contribution in [3.05, 3.63) is 64.9 Å². The summed E-state index contributed by atoms with van der Waals surface area (Å²) >= 11 is 1.55. The van der Waals surface area contributed by atoms with Crippen molar-refractivity contribution < 1.29 is 23.2 Å². The first kappa shape index (κ1) is 23.7. The number of benzene rings is 2. The molecule has 1 saturated carbocycles. The van der Waals surface area contributed by atoms with Gasteiger partial charge >= 0.3 is 5.97 Å². The smallest absolute Gasteiger partial charge is 0.335 e. The van der Waals surface area contributed by atoms with Gasteiger partial charge in [-0.1, -0.05) is 22.6 Å². The third kappa shape index (κ3) is 4.06. The first-order valence-electron chi connectivity index (χ1n) is 13.0. The molecule has 2 unspecified atom stereocenters. The first-order valence-corrected chi connectivity index (χ1v) is 13.9. The number of rotatable bonds is 7. The minimum absolute atomic E-state index is 0.128. The van der Waals surface area contributed by atoms with Crippen molar-refractivity contribution in [3.8, 4) is 11.3 Å². The Kier molecular flexibility index (Phi) is 5.70. The van der Waals surface area contributed by atoms with E-state index in [4.69, 9.17) is 9.51 Å². The zero-order chi connectivity index (χ0) is 26.0. The summed E-state index contributed by atoms with van der Waals surface area (Å²) in [5, 5.41) is 18.0. The van der Waals surface area contributed by atoms with Gasteiger partial charge < -0.3 is 19.8 Å². The molecular formula is C28H26F2N4O3S. The molecule has 2 aromatic carbocycles. The van der Waals surface area contributed by atoms with Gasteiger partial charge in [0.1, 0.15) is 23.1 Å². The summed E-state index contributed by atoms with van der Waals surface area (Å²) in [5.74, 6) is -1.21. The van der Waals surface area contributed by atoms with Crippen molar-refractivity contribution in [1.29, 1.82) is 0 Å². The number of piperidine rings is 1. The van der Waals surface area contributed by atoms with E-state index in [1.165, 1.54) is 18.2 Å². The van der Waals surface area contributed by atoms with Crippen LogP contribution in [0.5, 0.6) is 0 Å². The van der Waals surface area contributed by atoms with Crippen molar-refractivity contribution in [1.82, 2.24) is 15.5 Å². The van der Waals surface area contributed by atoms with E-state index < -0.39 is 17.6 Å². The SMILES string of the molecule is O=C(O)c1ccc2nc(N3C4CCC3CC(NCc3c(-c5c(F)cccc5F)noc3C3CC3)C4)sc2c1. The molecule has 2 N–H and O–H groups in total. The Morgan fingerprint density at radius 3 is 2.53 bits per heavy atom. The highest BCUT2D eigenvalue weighted by molar-refractivity contribution is 7.22. The molecule has 4 heterocycles. The standard InChI is InChI=1S/C28H26F2N4O3S/c29-20-2-1-3-21(30)24(20)25-19(26(37-33-25)14-4-5-14)13-31-16-11-17-7-8-18(12-16)34(17)28-32-22-9-6-15(27(35)36)10-23(22)38-28/h1-3,6,9-10,14,16-18,31H,4-5,7-8,11-13H2,(H,35,36). The van der Waals surface area contributed by atoms with E-state index in [9.17, 15) is 18.7 Å². The number of thiazole rings is 1. The number of aromatic nitrogens is 2. The second kappa shape index (κ2) is 9.13. The van der Waals surface area contributed by atoms with Crippen LogP contribution in [0.3, 0.4) is 0 Å². The second-order valence-electron chi connectivity index (χ2n) is 10.6. The highest BCUT2D eigenvalue weighted by atomic mass is 32.1. The zero-order valence-electron chi connectivity index (χ0n) is 20.5.